The molecule has 1 aromatic rings. The molecule has 0 saturated carbocycles. The van der Waals surface area contributed by atoms with Crippen molar-refractivity contribution in [3.8, 4) is 0 Å². The molecule has 0 radical (unpaired) electrons. The van der Waals surface area contributed by atoms with Crippen LogP contribution in [0.4, 0.5) is 0 Å². The number of rotatable bonds is 2. The summed E-state index contributed by atoms with van der Waals surface area (Å²) < 4.78 is 0. The van der Waals surface area contributed by atoms with Crippen LogP contribution in [-0.4, -0.2) is 4.98 Å². The minimum atomic E-state index is 0.501. The molecule has 0 N–H and O–H groups in total. The van der Waals surface area contributed by atoms with Crippen molar-refractivity contribution >= 4 is 22.2 Å². The van der Waals surface area contributed by atoms with Crippen molar-refractivity contribution in [3.05, 3.63) is 42.7 Å². The lowest BCUT2D eigenvalue weighted by molar-refractivity contribution is 1.26. The lowest BCUT2D eigenvalue weighted by Crippen LogP contribution is -1.90. The highest BCUT2D eigenvalue weighted by Crippen LogP contribution is 2.23. The van der Waals surface area contributed by atoms with Gasteiger partial charge in [-0.15, -0.1) is 0 Å². The molecule has 2 heteroatoms. The van der Waals surface area contributed by atoms with Crippen LogP contribution in [0.3, 0.4) is 0 Å². The molecule has 0 aliphatic rings. The van der Waals surface area contributed by atoms with Crippen molar-refractivity contribution in [3.63, 3.8) is 0 Å². The van der Waals surface area contributed by atoms with Crippen molar-refractivity contribution in [2.24, 2.45) is 0 Å². The molecule has 1 rings (SSSR count). The van der Waals surface area contributed by atoms with Crippen LogP contribution in [0.5, 0.6) is 0 Å². The molecule has 0 saturated heterocycles. The fraction of sp³-hybridized carbons (Fsp3) is 0.100. The van der Waals surface area contributed by atoms with E-state index in [1.807, 2.05) is 19.1 Å². The van der Waals surface area contributed by atoms with Gasteiger partial charge in [0.1, 0.15) is 0 Å². The maximum atomic E-state index is 5.78. The molecular weight excluding hydrogens is 170 g/mol. The number of allylic oxidation sites excluding steroid dienone is 1. The second kappa shape index (κ2) is 3.55. The van der Waals surface area contributed by atoms with Crippen LogP contribution in [0.2, 0.25) is 0 Å². The van der Waals surface area contributed by atoms with Crippen LogP contribution < -0.4 is 0 Å². The van der Waals surface area contributed by atoms with Gasteiger partial charge in [0.15, 0.2) is 0 Å². The Kier molecular flexibility index (Phi) is 2.66. The van der Waals surface area contributed by atoms with Gasteiger partial charge < -0.3 is 0 Å². The van der Waals surface area contributed by atoms with E-state index in [0.29, 0.717) is 5.03 Å². The Labute approximate surface area is 77.4 Å². The van der Waals surface area contributed by atoms with Crippen LogP contribution in [0, 0.1) is 0 Å². The predicted molar refractivity (Wildman–Crippen MR) is 53.8 cm³/mol. The zero-order valence-corrected chi connectivity index (χ0v) is 7.73. The molecule has 1 aromatic heterocycles. The van der Waals surface area contributed by atoms with E-state index >= 15 is 0 Å². The Morgan fingerprint density at radius 1 is 1.50 bits per heavy atom. The van der Waals surface area contributed by atoms with Crippen LogP contribution in [-0.2, 0) is 0 Å². The summed E-state index contributed by atoms with van der Waals surface area (Å²) in [4.78, 5) is 4.15. The lowest BCUT2D eigenvalue weighted by Gasteiger charge is -2.04. The molecule has 0 spiro atoms. The predicted octanol–water partition coefficient (Wildman–Crippen LogP) is 3.32. The monoisotopic (exact) mass is 179 g/mol. The van der Waals surface area contributed by atoms with E-state index in [4.69, 9.17) is 11.6 Å². The third kappa shape index (κ3) is 1.74. The van der Waals surface area contributed by atoms with Gasteiger partial charge in [-0.2, -0.15) is 0 Å². The summed E-state index contributed by atoms with van der Waals surface area (Å²) in [6.45, 7) is 9.35. The van der Waals surface area contributed by atoms with Crippen molar-refractivity contribution in [1.82, 2.24) is 4.98 Å². The highest BCUT2D eigenvalue weighted by Gasteiger charge is 2.04. The number of hydrogen-bond donors (Lipinski definition) is 0. The minimum absolute atomic E-state index is 0.501. The SMILES string of the molecule is C=C(Cl)c1cccnc1C(=C)C. The second-order valence-corrected chi connectivity index (χ2v) is 3.04. The van der Waals surface area contributed by atoms with E-state index in [1.54, 1.807) is 6.20 Å². The minimum Gasteiger partial charge on any atom is -0.256 e. The third-order valence-corrected chi connectivity index (χ3v) is 1.71. The molecule has 12 heavy (non-hydrogen) atoms. The first-order valence-electron chi connectivity index (χ1n) is 3.58. The first-order chi connectivity index (χ1) is 5.63. The third-order valence-electron chi connectivity index (χ3n) is 1.50. The number of pyridine rings is 1. The Morgan fingerprint density at radius 3 is 2.58 bits per heavy atom. The largest absolute Gasteiger partial charge is 0.256 e. The number of halogens is 1. The fourth-order valence-corrected chi connectivity index (χ4v) is 1.12. The average molecular weight is 180 g/mol. The summed E-state index contributed by atoms with van der Waals surface area (Å²) in [7, 11) is 0. The first-order valence-corrected chi connectivity index (χ1v) is 3.96. The van der Waals surface area contributed by atoms with Crippen LogP contribution >= 0.6 is 11.6 Å². The molecule has 0 amide bonds. The van der Waals surface area contributed by atoms with Crippen LogP contribution in [0.25, 0.3) is 10.6 Å². The summed E-state index contributed by atoms with van der Waals surface area (Å²) in [5.41, 5.74) is 2.57. The van der Waals surface area contributed by atoms with Gasteiger partial charge in [0.25, 0.3) is 0 Å². The quantitative estimate of drug-likeness (QED) is 0.679. The number of hydrogen-bond acceptors (Lipinski definition) is 1. The Hall–Kier alpha value is -1.08. The lowest BCUT2D eigenvalue weighted by atomic mass is 10.1. The zero-order valence-electron chi connectivity index (χ0n) is 6.97. The molecule has 1 heterocycles. The molecule has 0 aliphatic heterocycles. The van der Waals surface area contributed by atoms with Gasteiger partial charge >= 0.3 is 0 Å². The summed E-state index contributed by atoms with van der Waals surface area (Å²) in [5.74, 6) is 0. The van der Waals surface area contributed by atoms with Crippen molar-refractivity contribution in [2.75, 3.05) is 0 Å². The molecule has 0 fully saturated rings. The maximum Gasteiger partial charge on any atom is 0.0739 e. The molecular formula is C10H10ClN. The summed E-state index contributed by atoms with van der Waals surface area (Å²) in [5, 5.41) is 0.501. The van der Waals surface area contributed by atoms with E-state index in [2.05, 4.69) is 18.1 Å². The van der Waals surface area contributed by atoms with Crippen molar-refractivity contribution in [2.45, 2.75) is 6.92 Å². The van der Waals surface area contributed by atoms with Gasteiger partial charge in [0.2, 0.25) is 0 Å². The topological polar surface area (TPSA) is 12.9 Å². The van der Waals surface area contributed by atoms with Crippen LogP contribution in [0.1, 0.15) is 18.2 Å². The van der Waals surface area contributed by atoms with Gasteiger partial charge in [-0.25, -0.2) is 0 Å². The van der Waals surface area contributed by atoms with Gasteiger partial charge in [0, 0.05) is 16.8 Å². The van der Waals surface area contributed by atoms with Crippen LogP contribution in [0.15, 0.2) is 31.5 Å². The van der Waals surface area contributed by atoms with Crippen molar-refractivity contribution in [1.29, 1.82) is 0 Å². The van der Waals surface area contributed by atoms with Gasteiger partial charge in [-0.3, -0.25) is 4.98 Å². The Morgan fingerprint density at radius 2 is 2.17 bits per heavy atom. The Bertz CT molecular complexity index is 295. The van der Waals surface area contributed by atoms with E-state index in [0.717, 1.165) is 16.8 Å². The number of nitrogens with zero attached hydrogens (tertiary/aromatic N) is 1. The van der Waals surface area contributed by atoms with E-state index in [9.17, 15) is 0 Å². The standard InChI is InChI=1S/C10H10ClN/c1-7(2)10-9(8(3)11)5-4-6-12-10/h4-6H,1,3H2,2H3. The number of aromatic nitrogens is 1. The smallest absolute Gasteiger partial charge is 0.0739 e. The van der Waals surface area contributed by atoms with Gasteiger partial charge in [-0.05, 0) is 24.6 Å². The average Bonchev–Trinajstić information content (AvgIpc) is 2.04. The Balaban J connectivity index is 3.27. The fourth-order valence-electron chi connectivity index (χ4n) is 0.964. The second-order valence-electron chi connectivity index (χ2n) is 2.58. The molecule has 0 atom stereocenters. The summed E-state index contributed by atoms with van der Waals surface area (Å²) in [6.07, 6.45) is 1.72. The summed E-state index contributed by atoms with van der Waals surface area (Å²) in [6, 6.07) is 3.71. The normalized spacial score (nSPS) is 9.50. The zero-order chi connectivity index (χ0) is 9.14. The molecule has 0 bridgehead atoms. The van der Waals surface area contributed by atoms with E-state index in [-0.39, 0.29) is 0 Å². The molecule has 1 nitrogen and oxygen atoms in total. The first kappa shape index (κ1) is 9.01. The molecule has 62 valence electrons. The van der Waals surface area contributed by atoms with E-state index in [1.165, 1.54) is 0 Å². The highest BCUT2D eigenvalue weighted by atomic mass is 35.5. The highest BCUT2D eigenvalue weighted by molar-refractivity contribution is 6.48. The van der Waals surface area contributed by atoms with E-state index < -0.39 is 0 Å². The molecule has 0 aliphatic carbocycles. The molecule has 0 unspecified atom stereocenters. The van der Waals surface area contributed by atoms with Crippen molar-refractivity contribution < 1.29 is 0 Å². The van der Waals surface area contributed by atoms with Gasteiger partial charge in [-0.1, -0.05) is 24.8 Å². The summed E-state index contributed by atoms with van der Waals surface area (Å²) >= 11 is 5.78. The van der Waals surface area contributed by atoms with Gasteiger partial charge in [0.05, 0.1) is 5.69 Å². The maximum absolute atomic E-state index is 5.78. The molecule has 0 aromatic carbocycles.